The molecule has 0 heterocycles. The van der Waals surface area contributed by atoms with Gasteiger partial charge < -0.3 is 15.2 Å². The number of nitrogens with one attached hydrogen (secondary N) is 1. The maximum absolute atomic E-state index is 11.8. The smallest absolute Gasteiger partial charge is 0.335 e. The van der Waals surface area contributed by atoms with Crippen LogP contribution in [0.15, 0.2) is 24.3 Å². The Kier molecular flexibility index (Phi) is 6.40. The lowest BCUT2D eigenvalue weighted by atomic mass is 10.1. The van der Waals surface area contributed by atoms with Crippen LogP contribution in [0, 0.1) is 0 Å². The molecular formula is C17H23NO4. The third-order valence-corrected chi connectivity index (χ3v) is 3.84. The highest BCUT2D eigenvalue weighted by atomic mass is 16.5. The summed E-state index contributed by atoms with van der Waals surface area (Å²) in [6.45, 7) is 1.27. The number of aromatic carboxylic acids is 1. The average Bonchev–Trinajstić information content (AvgIpc) is 3.00. The van der Waals surface area contributed by atoms with Crippen molar-refractivity contribution in [2.75, 3.05) is 13.2 Å². The van der Waals surface area contributed by atoms with Gasteiger partial charge in [0.15, 0.2) is 0 Å². The Morgan fingerprint density at radius 3 is 2.77 bits per heavy atom. The van der Waals surface area contributed by atoms with Crippen molar-refractivity contribution in [2.45, 2.75) is 44.6 Å². The van der Waals surface area contributed by atoms with E-state index in [2.05, 4.69) is 5.32 Å². The Labute approximate surface area is 130 Å². The third-order valence-electron chi connectivity index (χ3n) is 3.84. The first-order valence-corrected chi connectivity index (χ1v) is 7.85. The molecule has 0 aromatic heterocycles. The number of carbonyl (C=O) groups excluding carboxylic acids is 1. The highest BCUT2D eigenvalue weighted by molar-refractivity contribution is 5.88. The summed E-state index contributed by atoms with van der Waals surface area (Å²) in [5, 5.41) is 11.8. The van der Waals surface area contributed by atoms with Crippen LogP contribution in [0.5, 0.6) is 0 Å². The number of rotatable bonds is 8. The molecule has 0 saturated heterocycles. The molecule has 0 aliphatic heterocycles. The lowest BCUT2D eigenvalue weighted by molar-refractivity contribution is -0.120. The van der Waals surface area contributed by atoms with Crippen LogP contribution >= 0.6 is 0 Å². The average molecular weight is 305 g/mol. The van der Waals surface area contributed by atoms with Gasteiger partial charge in [-0.2, -0.15) is 0 Å². The van der Waals surface area contributed by atoms with Gasteiger partial charge >= 0.3 is 5.97 Å². The normalized spacial score (nSPS) is 14.9. The molecule has 22 heavy (non-hydrogen) atoms. The Morgan fingerprint density at radius 1 is 1.27 bits per heavy atom. The van der Waals surface area contributed by atoms with E-state index in [-0.39, 0.29) is 17.9 Å². The summed E-state index contributed by atoms with van der Waals surface area (Å²) in [6.07, 6.45) is 6.25. The van der Waals surface area contributed by atoms with Crippen LogP contribution < -0.4 is 5.32 Å². The van der Waals surface area contributed by atoms with Gasteiger partial charge in [0, 0.05) is 13.2 Å². The number of ether oxygens (including phenoxy) is 1. The zero-order chi connectivity index (χ0) is 15.8. The first-order chi connectivity index (χ1) is 10.6. The van der Waals surface area contributed by atoms with Crippen molar-refractivity contribution in [1.29, 1.82) is 0 Å². The van der Waals surface area contributed by atoms with Gasteiger partial charge in [-0.15, -0.1) is 0 Å². The van der Waals surface area contributed by atoms with Crippen LogP contribution in [-0.4, -0.2) is 36.2 Å². The van der Waals surface area contributed by atoms with Crippen LogP contribution in [0.1, 0.15) is 48.0 Å². The van der Waals surface area contributed by atoms with Crippen molar-refractivity contribution in [3.05, 3.63) is 35.4 Å². The lowest BCUT2D eigenvalue weighted by Crippen LogP contribution is -2.27. The molecule has 0 spiro atoms. The van der Waals surface area contributed by atoms with Gasteiger partial charge in [0.2, 0.25) is 5.91 Å². The SMILES string of the molecule is O=C(Cc1cccc(C(=O)O)c1)NCCCOC1CCCC1. The van der Waals surface area contributed by atoms with Crippen LogP contribution in [0.4, 0.5) is 0 Å². The molecule has 0 bridgehead atoms. The van der Waals surface area contributed by atoms with Gasteiger partial charge in [0.25, 0.3) is 0 Å². The number of carboxylic acids is 1. The van der Waals surface area contributed by atoms with Crippen LogP contribution in [-0.2, 0) is 16.0 Å². The molecule has 1 fully saturated rings. The summed E-state index contributed by atoms with van der Waals surface area (Å²) in [6, 6.07) is 6.46. The molecule has 0 radical (unpaired) electrons. The number of hydrogen-bond donors (Lipinski definition) is 2. The third kappa shape index (κ3) is 5.48. The summed E-state index contributed by atoms with van der Waals surface area (Å²) in [5.74, 6) is -1.07. The van der Waals surface area contributed by atoms with Crippen molar-refractivity contribution >= 4 is 11.9 Å². The fraction of sp³-hybridized carbons (Fsp3) is 0.529. The topological polar surface area (TPSA) is 75.6 Å². The molecule has 1 saturated carbocycles. The lowest BCUT2D eigenvalue weighted by Gasteiger charge is -2.11. The molecule has 0 atom stereocenters. The van der Waals surface area contributed by atoms with E-state index in [1.807, 2.05) is 0 Å². The van der Waals surface area contributed by atoms with E-state index in [0.29, 0.717) is 24.8 Å². The minimum Gasteiger partial charge on any atom is -0.478 e. The predicted molar refractivity (Wildman–Crippen MR) is 82.9 cm³/mol. The monoisotopic (exact) mass is 305 g/mol. The second-order valence-corrected chi connectivity index (χ2v) is 5.66. The predicted octanol–water partition coefficient (Wildman–Crippen LogP) is 2.39. The van der Waals surface area contributed by atoms with Crippen molar-refractivity contribution < 1.29 is 19.4 Å². The fourth-order valence-corrected chi connectivity index (χ4v) is 2.67. The van der Waals surface area contributed by atoms with Gasteiger partial charge in [0.05, 0.1) is 18.1 Å². The van der Waals surface area contributed by atoms with Gasteiger partial charge in [-0.3, -0.25) is 4.79 Å². The maximum atomic E-state index is 11.8. The van der Waals surface area contributed by atoms with Crippen LogP contribution in [0.2, 0.25) is 0 Å². The summed E-state index contributed by atoms with van der Waals surface area (Å²) >= 11 is 0. The van der Waals surface area contributed by atoms with E-state index < -0.39 is 5.97 Å². The first kappa shape index (κ1) is 16.5. The highest BCUT2D eigenvalue weighted by Gasteiger charge is 2.14. The van der Waals surface area contributed by atoms with E-state index in [0.717, 1.165) is 19.3 Å². The second-order valence-electron chi connectivity index (χ2n) is 5.66. The van der Waals surface area contributed by atoms with Gasteiger partial charge in [-0.05, 0) is 37.0 Å². The minimum atomic E-state index is -0.980. The number of hydrogen-bond acceptors (Lipinski definition) is 3. The molecule has 1 aliphatic rings. The Bertz CT molecular complexity index is 509. The van der Waals surface area contributed by atoms with Crippen molar-refractivity contribution in [1.82, 2.24) is 5.32 Å². The van der Waals surface area contributed by atoms with E-state index in [1.165, 1.54) is 25.0 Å². The molecule has 5 nitrogen and oxygen atoms in total. The highest BCUT2D eigenvalue weighted by Crippen LogP contribution is 2.20. The Balaban J connectivity index is 1.63. The molecular weight excluding hydrogens is 282 g/mol. The van der Waals surface area contributed by atoms with Crippen molar-refractivity contribution in [3.8, 4) is 0 Å². The Morgan fingerprint density at radius 2 is 2.05 bits per heavy atom. The Hall–Kier alpha value is -1.88. The molecule has 5 heteroatoms. The van der Waals surface area contributed by atoms with Gasteiger partial charge in [-0.1, -0.05) is 25.0 Å². The molecule has 1 aromatic rings. The number of carboxylic acid groups (broad SMARTS) is 1. The van der Waals surface area contributed by atoms with E-state index >= 15 is 0 Å². The number of benzene rings is 1. The molecule has 120 valence electrons. The van der Waals surface area contributed by atoms with E-state index in [1.54, 1.807) is 12.1 Å². The van der Waals surface area contributed by atoms with E-state index in [4.69, 9.17) is 9.84 Å². The van der Waals surface area contributed by atoms with Crippen LogP contribution in [0.25, 0.3) is 0 Å². The van der Waals surface area contributed by atoms with Gasteiger partial charge in [-0.25, -0.2) is 4.79 Å². The summed E-state index contributed by atoms with van der Waals surface area (Å²) in [4.78, 5) is 22.7. The maximum Gasteiger partial charge on any atom is 0.335 e. The zero-order valence-corrected chi connectivity index (χ0v) is 12.7. The molecule has 2 rings (SSSR count). The zero-order valence-electron chi connectivity index (χ0n) is 12.7. The van der Waals surface area contributed by atoms with Crippen molar-refractivity contribution in [2.24, 2.45) is 0 Å². The number of amides is 1. The minimum absolute atomic E-state index is 0.0941. The van der Waals surface area contributed by atoms with Crippen LogP contribution in [0.3, 0.4) is 0 Å². The standard InChI is InChI=1S/C17H23NO4/c19-16(12-13-5-3-6-14(11-13)17(20)21)18-9-4-10-22-15-7-1-2-8-15/h3,5-6,11,15H,1-2,4,7-10,12H2,(H,18,19)(H,20,21). The van der Waals surface area contributed by atoms with Crippen molar-refractivity contribution in [3.63, 3.8) is 0 Å². The largest absolute Gasteiger partial charge is 0.478 e. The fourth-order valence-electron chi connectivity index (χ4n) is 2.67. The molecule has 1 aromatic carbocycles. The van der Waals surface area contributed by atoms with E-state index in [9.17, 15) is 9.59 Å². The quantitative estimate of drug-likeness (QED) is 0.723. The van der Waals surface area contributed by atoms with Gasteiger partial charge in [0.1, 0.15) is 0 Å². The molecule has 1 amide bonds. The summed E-state index contributed by atoms with van der Waals surface area (Å²) in [7, 11) is 0. The first-order valence-electron chi connectivity index (χ1n) is 7.85. The molecule has 2 N–H and O–H groups in total. The number of carbonyl (C=O) groups is 2. The molecule has 0 unspecified atom stereocenters. The molecule has 1 aliphatic carbocycles. The summed E-state index contributed by atoms with van der Waals surface area (Å²) < 4.78 is 5.73. The summed E-state index contributed by atoms with van der Waals surface area (Å²) in [5.41, 5.74) is 0.912. The second kappa shape index (κ2) is 8.54.